The lowest BCUT2D eigenvalue weighted by atomic mass is 9.87. The van der Waals surface area contributed by atoms with Gasteiger partial charge in [0.1, 0.15) is 18.0 Å². The third kappa shape index (κ3) is 4.84. The number of methoxy groups -OCH3 is 1. The van der Waals surface area contributed by atoms with Crippen LogP contribution in [0.25, 0.3) is 0 Å². The lowest BCUT2D eigenvalue weighted by molar-refractivity contribution is -0.124. The first-order valence-corrected chi connectivity index (χ1v) is 9.04. The van der Waals surface area contributed by atoms with Gasteiger partial charge in [-0.15, -0.1) is 0 Å². The van der Waals surface area contributed by atoms with E-state index in [-0.39, 0.29) is 29.0 Å². The maximum Gasteiger partial charge on any atom is 0.351 e. The first-order chi connectivity index (χ1) is 11.8. The second-order valence-corrected chi connectivity index (χ2v) is 9.22. The van der Waals surface area contributed by atoms with Crippen LogP contribution in [-0.2, 0) is 14.2 Å². The summed E-state index contributed by atoms with van der Waals surface area (Å²) < 4.78 is 19.8. The zero-order chi connectivity index (χ0) is 19.9. The molecule has 26 heavy (non-hydrogen) atoms. The highest BCUT2D eigenvalue weighted by atomic mass is 16.6. The fourth-order valence-electron chi connectivity index (χ4n) is 3.26. The van der Waals surface area contributed by atoms with Gasteiger partial charge in [-0.05, 0) is 39.5 Å². The van der Waals surface area contributed by atoms with Gasteiger partial charge in [-0.3, -0.25) is 4.57 Å². The Hall–Kier alpha value is -1.44. The summed E-state index contributed by atoms with van der Waals surface area (Å²) in [5.41, 5.74) is 5.69. The Bertz CT molecular complexity index is 687. The zero-order valence-electron chi connectivity index (χ0n) is 17.2. The minimum atomic E-state index is -0.612. The normalized spacial score (nSPS) is 27.1. The number of aromatic nitrogens is 2. The second kappa shape index (κ2) is 7.29. The number of ether oxygens (including phenoxy) is 3. The molecule has 1 aromatic rings. The Balaban J connectivity index is 2.44. The third-order valence-corrected chi connectivity index (χ3v) is 4.31. The lowest BCUT2D eigenvalue weighted by Gasteiger charge is -2.32. The van der Waals surface area contributed by atoms with Crippen molar-refractivity contribution in [1.82, 2.24) is 9.55 Å². The summed E-state index contributed by atoms with van der Waals surface area (Å²) in [6.07, 6.45) is 0.917. The van der Waals surface area contributed by atoms with Crippen LogP contribution in [0.1, 0.15) is 59.8 Å². The molecule has 1 aromatic heterocycles. The van der Waals surface area contributed by atoms with E-state index in [4.69, 9.17) is 19.9 Å². The Morgan fingerprint density at radius 2 is 1.85 bits per heavy atom. The van der Waals surface area contributed by atoms with Crippen LogP contribution in [0.3, 0.4) is 0 Å². The van der Waals surface area contributed by atoms with Gasteiger partial charge in [0, 0.05) is 18.9 Å². The predicted octanol–water partition coefficient (Wildman–Crippen LogP) is 2.67. The van der Waals surface area contributed by atoms with Gasteiger partial charge in [0.25, 0.3) is 0 Å². The molecule has 0 aliphatic carbocycles. The molecule has 2 N–H and O–H groups in total. The molecule has 4 atom stereocenters. The summed E-state index contributed by atoms with van der Waals surface area (Å²) in [6.45, 7) is 14.3. The van der Waals surface area contributed by atoms with Gasteiger partial charge < -0.3 is 19.9 Å². The lowest BCUT2D eigenvalue weighted by Crippen LogP contribution is -2.43. The topological polar surface area (TPSA) is 88.6 Å². The van der Waals surface area contributed by atoms with Crippen molar-refractivity contribution in [2.75, 3.05) is 12.8 Å². The van der Waals surface area contributed by atoms with Gasteiger partial charge in [0.2, 0.25) is 0 Å². The van der Waals surface area contributed by atoms with Crippen LogP contribution in [0.5, 0.6) is 0 Å². The molecule has 0 amide bonds. The number of nitrogen functional groups attached to an aromatic ring is 1. The molecule has 0 aromatic carbocycles. The first-order valence-electron chi connectivity index (χ1n) is 9.04. The summed E-state index contributed by atoms with van der Waals surface area (Å²) in [6, 6.07) is 0. The van der Waals surface area contributed by atoms with Gasteiger partial charge in [0.05, 0.1) is 11.7 Å². The summed E-state index contributed by atoms with van der Waals surface area (Å²) in [4.78, 5) is 16.3. The molecule has 0 bridgehead atoms. The van der Waals surface area contributed by atoms with Crippen molar-refractivity contribution in [3.63, 3.8) is 0 Å². The quantitative estimate of drug-likeness (QED) is 0.880. The van der Waals surface area contributed by atoms with E-state index < -0.39 is 18.0 Å². The maximum atomic E-state index is 12.4. The maximum absolute atomic E-state index is 12.4. The Morgan fingerprint density at radius 1 is 1.23 bits per heavy atom. The van der Waals surface area contributed by atoms with Crippen molar-refractivity contribution in [1.29, 1.82) is 0 Å². The molecule has 0 radical (unpaired) electrons. The van der Waals surface area contributed by atoms with Crippen molar-refractivity contribution in [3.8, 4) is 0 Å². The van der Waals surface area contributed by atoms with Crippen molar-refractivity contribution in [2.45, 2.75) is 85.0 Å². The van der Waals surface area contributed by atoms with E-state index in [1.807, 2.05) is 27.7 Å². The van der Waals surface area contributed by atoms with Crippen LogP contribution < -0.4 is 11.4 Å². The molecule has 1 aliphatic heterocycles. The smallest absolute Gasteiger partial charge is 0.351 e. The van der Waals surface area contributed by atoms with Gasteiger partial charge in [0.15, 0.2) is 6.23 Å². The highest BCUT2D eigenvalue weighted by Crippen LogP contribution is 2.39. The number of anilines is 1. The molecule has 1 fully saturated rings. The van der Waals surface area contributed by atoms with E-state index in [0.29, 0.717) is 0 Å². The van der Waals surface area contributed by atoms with E-state index in [1.54, 1.807) is 13.3 Å². The van der Waals surface area contributed by atoms with Crippen LogP contribution in [0.2, 0.25) is 0 Å². The van der Waals surface area contributed by atoms with Crippen LogP contribution >= 0.6 is 0 Å². The predicted molar refractivity (Wildman–Crippen MR) is 101 cm³/mol. The first kappa shape index (κ1) is 20.9. The standard InChI is InChI=1S/C19H33N3O4/c1-11-10-22(17(23)21-15(11)20)16-14(24-8)13(26-19(5,6)7)12(25-16)9-18(2,3)4/h10,12-14,16H,9H2,1-8H3,(H2,20,21,23)/t12-,13-,14-,16-/m1/s1. The summed E-state index contributed by atoms with van der Waals surface area (Å²) in [5, 5.41) is 0. The monoisotopic (exact) mass is 367 g/mol. The molecule has 7 heteroatoms. The molecule has 148 valence electrons. The van der Waals surface area contributed by atoms with E-state index >= 15 is 0 Å². The van der Waals surface area contributed by atoms with Crippen molar-refractivity contribution < 1.29 is 14.2 Å². The highest BCUT2D eigenvalue weighted by Gasteiger charge is 2.49. The molecule has 0 saturated carbocycles. The van der Waals surface area contributed by atoms with Crippen molar-refractivity contribution in [3.05, 3.63) is 22.2 Å². The molecule has 2 heterocycles. The number of rotatable bonds is 4. The summed E-state index contributed by atoms with van der Waals surface area (Å²) >= 11 is 0. The average Bonchev–Trinajstić information content (AvgIpc) is 2.76. The Kier molecular flexibility index (Phi) is 5.85. The van der Waals surface area contributed by atoms with Crippen LogP contribution in [0.4, 0.5) is 5.82 Å². The van der Waals surface area contributed by atoms with E-state index in [0.717, 1.165) is 12.0 Å². The fourth-order valence-corrected chi connectivity index (χ4v) is 3.26. The van der Waals surface area contributed by atoms with Gasteiger partial charge in [-0.1, -0.05) is 20.8 Å². The average molecular weight is 367 g/mol. The third-order valence-electron chi connectivity index (χ3n) is 4.31. The van der Waals surface area contributed by atoms with Crippen LogP contribution in [0, 0.1) is 12.3 Å². The molecule has 2 rings (SSSR count). The van der Waals surface area contributed by atoms with E-state index in [2.05, 4.69) is 25.8 Å². The minimum Gasteiger partial charge on any atom is -0.383 e. The fraction of sp³-hybridized carbons (Fsp3) is 0.789. The van der Waals surface area contributed by atoms with Crippen molar-refractivity contribution in [2.24, 2.45) is 5.41 Å². The van der Waals surface area contributed by atoms with Gasteiger partial charge in [-0.25, -0.2) is 4.79 Å². The van der Waals surface area contributed by atoms with Crippen LogP contribution in [0.15, 0.2) is 11.0 Å². The molecule has 1 saturated heterocycles. The molecule has 0 unspecified atom stereocenters. The summed E-state index contributed by atoms with van der Waals surface area (Å²) in [5.74, 6) is 0.229. The number of hydrogen-bond donors (Lipinski definition) is 1. The highest BCUT2D eigenvalue weighted by molar-refractivity contribution is 5.35. The molecular weight excluding hydrogens is 334 g/mol. The Morgan fingerprint density at radius 3 is 2.35 bits per heavy atom. The van der Waals surface area contributed by atoms with Crippen LogP contribution in [-0.4, -0.2) is 40.6 Å². The summed E-state index contributed by atoms with van der Waals surface area (Å²) in [7, 11) is 1.61. The van der Waals surface area contributed by atoms with Gasteiger partial charge >= 0.3 is 5.69 Å². The molecule has 7 nitrogen and oxygen atoms in total. The second-order valence-electron chi connectivity index (χ2n) is 9.22. The zero-order valence-corrected chi connectivity index (χ0v) is 17.2. The van der Waals surface area contributed by atoms with Gasteiger partial charge in [-0.2, -0.15) is 4.98 Å². The molecule has 0 spiro atoms. The molecular formula is C19H33N3O4. The number of hydrogen-bond acceptors (Lipinski definition) is 6. The van der Waals surface area contributed by atoms with Crippen molar-refractivity contribution >= 4 is 5.82 Å². The number of nitrogens with two attached hydrogens (primary N) is 1. The Labute approximate surface area is 155 Å². The number of aryl methyl sites for hydroxylation is 1. The van der Waals surface area contributed by atoms with E-state index in [9.17, 15) is 4.79 Å². The largest absolute Gasteiger partial charge is 0.383 e. The molecule has 1 aliphatic rings. The van der Waals surface area contributed by atoms with E-state index in [1.165, 1.54) is 4.57 Å². The minimum absolute atomic E-state index is 0.0393. The SMILES string of the molecule is CO[C@@H]1[C@H](OC(C)(C)C)[C@@H](CC(C)(C)C)O[C@H]1n1cc(C)c(N)nc1=O. The number of nitrogens with zero attached hydrogens (tertiary/aromatic N) is 2.